The van der Waals surface area contributed by atoms with Crippen molar-refractivity contribution in [3.05, 3.63) is 66.0 Å². The van der Waals surface area contributed by atoms with Crippen LogP contribution in [-0.4, -0.2) is 48.9 Å². The summed E-state index contributed by atoms with van der Waals surface area (Å²) in [5.41, 5.74) is 3.00. The van der Waals surface area contributed by atoms with E-state index >= 15 is 0 Å². The average Bonchev–Trinajstić information content (AvgIpc) is 3.29. The summed E-state index contributed by atoms with van der Waals surface area (Å²) >= 11 is 1.10. The van der Waals surface area contributed by atoms with Crippen molar-refractivity contribution in [3.8, 4) is 11.4 Å². The van der Waals surface area contributed by atoms with Crippen molar-refractivity contribution >= 4 is 29.6 Å². The average molecular weight is 483 g/mol. The first-order valence-electron chi connectivity index (χ1n) is 10.5. The molecule has 1 fully saturated rings. The van der Waals surface area contributed by atoms with Gasteiger partial charge in [0.25, 0.3) is 5.91 Å². The molecule has 1 aromatic heterocycles. The number of rotatable bonds is 8. The van der Waals surface area contributed by atoms with Gasteiger partial charge in [-0.1, -0.05) is 42.1 Å². The number of hydrogen-bond donors (Lipinski definition) is 2. The lowest BCUT2D eigenvalue weighted by atomic mass is 9.93. The highest BCUT2D eigenvalue weighted by atomic mass is 32.2. The molecule has 1 atom stereocenters. The first-order chi connectivity index (χ1) is 16.3. The molecule has 0 radical (unpaired) electrons. The quantitative estimate of drug-likeness (QED) is 0.378. The Labute approximate surface area is 199 Å². The lowest BCUT2D eigenvalue weighted by Gasteiger charge is -2.21. The lowest BCUT2D eigenvalue weighted by Crippen LogP contribution is -2.49. The van der Waals surface area contributed by atoms with Crippen molar-refractivity contribution < 1.29 is 18.8 Å². The molecule has 176 valence electrons. The van der Waals surface area contributed by atoms with Gasteiger partial charge in [0.2, 0.25) is 5.91 Å². The van der Waals surface area contributed by atoms with Crippen LogP contribution < -0.4 is 10.7 Å². The molecule has 0 unspecified atom stereocenters. The number of aromatic nitrogens is 3. The number of aryl methyl sites for hydroxylation is 1. The third-order valence-electron chi connectivity index (χ3n) is 5.52. The van der Waals surface area contributed by atoms with Gasteiger partial charge in [-0.05, 0) is 49.6 Å². The third kappa shape index (κ3) is 4.93. The fourth-order valence-corrected chi connectivity index (χ4v) is 4.28. The van der Waals surface area contributed by atoms with Gasteiger partial charge in [0.1, 0.15) is 11.4 Å². The van der Waals surface area contributed by atoms with E-state index in [9.17, 15) is 18.8 Å². The molecule has 0 saturated carbocycles. The van der Waals surface area contributed by atoms with Gasteiger partial charge in [-0.15, -0.1) is 10.2 Å². The van der Waals surface area contributed by atoms with Gasteiger partial charge in [0.05, 0.1) is 5.75 Å². The van der Waals surface area contributed by atoms with E-state index in [1.807, 2.05) is 30.3 Å². The molecule has 4 amide bonds. The van der Waals surface area contributed by atoms with Crippen LogP contribution in [0.4, 0.5) is 9.18 Å². The Hall–Kier alpha value is -3.73. The Kier molecular flexibility index (Phi) is 6.64. The summed E-state index contributed by atoms with van der Waals surface area (Å²) in [4.78, 5) is 37.7. The zero-order chi connectivity index (χ0) is 24.3. The van der Waals surface area contributed by atoms with Crippen molar-refractivity contribution in [2.75, 3.05) is 5.75 Å². The number of carbonyl (C=O) groups excluding carboxylic acids is 3. The van der Waals surface area contributed by atoms with E-state index in [0.29, 0.717) is 29.4 Å². The molecule has 4 rings (SSSR count). The zero-order valence-corrected chi connectivity index (χ0v) is 19.4. The Morgan fingerprint density at radius 2 is 1.82 bits per heavy atom. The lowest BCUT2D eigenvalue weighted by molar-refractivity contribution is -0.138. The van der Waals surface area contributed by atoms with Crippen LogP contribution in [0, 0.1) is 5.82 Å². The number of thioether (sulfide) groups is 1. The molecule has 34 heavy (non-hydrogen) atoms. The second kappa shape index (κ2) is 9.64. The van der Waals surface area contributed by atoms with Gasteiger partial charge in [-0.25, -0.2) is 9.18 Å². The number of amides is 4. The molecule has 2 N–H and O–H groups in total. The normalized spacial score (nSPS) is 17.7. The number of imide groups is 1. The molecule has 1 aliphatic rings. The van der Waals surface area contributed by atoms with Crippen LogP contribution in [0.2, 0.25) is 0 Å². The molecule has 0 spiro atoms. The molecule has 0 aliphatic carbocycles. The summed E-state index contributed by atoms with van der Waals surface area (Å²) < 4.78 is 14.8. The van der Waals surface area contributed by atoms with E-state index in [4.69, 9.17) is 0 Å². The Balaban J connectivity index is 1.34. The molecule has 2 aromatic carbocycles. The monoisotopic (exact) mass is 482 g/mol. The highest BCUT2D eigenvalue weighted by molar-refractivity contribution is 7.99. The molecule has 2 heterocycles. The molecule has 0 bridgehead atoms. The number of carbonyl (C=O) groups is 3. The number of halogens is 1. The maximum absolute atomic E-state index is 13.2. The summed E-state index contributed by atoms with van der Waals surface area (Å²) in [5.74, 6) is -0.969. The van der Waals surface area contributed by atoms with Crippen molar-refractivity contribution in [3.63, 3.8) is 0 Å². The predicted octanol–water partition coefficient (Wildman–Crippen LogP) is 2.69. The number of hydrazine groups is 1. The summed E-state index contributed by atoms with van der Waals surface area (Å²) in [5, 5.41) is 12.0. The van der Waals surface area contributed by atoms with E-state index in [1.54, 1.807) is 30.7 Å². The summed E-state index contributed by atoms with van der Waals surface area (Å²) in [6.45, 7) is 1.65. The van der Waals surface area contributed by atoms with Crippen LogP contribution in [-0.2, 0) is 23.1 Å². The number of nitrogens with zero attached hydrogens (tertiary/aromatic N) is 4. The first kappa shape index (κ1) is 23.4. The smallest absolute Gasteiger partial charge is 0.322 e. The standard InChI is InChI=1S/C23H23FN6O3S/c1-23(13-12-15-6-4-3-5-7-15)20(32)30(21(33)25-23)28-18(31)14-34-22-27-26-19(29(22)2)16-8-10-17(24)11-9-16/h3-11H,12-14H2,1-2H3,(H,25,33)(H,28,31)/t23-/m1/s1. The maximum atomic E-state index is 13.2. The zero-order valence-electron chi connectivity index (χ0n) is 18.6. The maximum Gasteiger partial charge on any atom is 0.344 e. The van der Waals surface area contributed by atoms with Crippen molar-refractivity contribution in [2.45, 2.75) is 30.5 Å². The minimum atomic E-state index is -1.11. The van der Waals surface area contributed by atoms with Gasteiger partial charge in [0, 0.05) is 12.6 Å². The van der Waals surface area contributed by atoms with Crippen LogP contribution in [0.3, 0.4) is 0 Å². The summed E-state index contributed by atoms with van der Waals surface area (Å²) in [7, 11) is 1.73. The molecule has 3 aromatic rings. The molecule has 9 nitrogen and oxygen atoms in total. The highest BCUT2D eigenvalue weighted by Gasteiger charge is 2.48. The van der Waals surface area contributed by atoms with E-state index in [2.05, 4.69) is 20.9 Å². The number of benzene rings is 2. The second-order valence-electron chi connectivity index (χ2n) is 8.08. The number of urea groups is 1. The largest absolute Gasteiger partial charge is 0.344 e. The highest BCUT2D eigenvalue weighted by Crippen LogP contribution is 2.24. The molecule has 1 aliphatic heterocycles. The first-order valence-corrected chi connectivity index (χ1v) is 11.5. The van der Waals surface area contributed by atoms with Crippen LogP contribution in [0.5, 0.6) is 0 Å². The molecular formula is C23H23FN6O3S. The van der Waals surface area contributed by atoms with Crippen LogP contribution in [0.1, 0.15) is 18.9 Å². The number of hydrogen-bond acceptors (Lipinski definition) is 6. The topological polar surface area (TPSA) is 109 Å². The Morgan fingerprint density at radius 3 is 2.53 bits per heavy atom. The SMILES string of the molecule is Cn1c(SCC(=O)NN2C(=O)N[C@](C)(CCc3ccccc3)C2=O)nnc1-c1ccc(F)cc1. The van der Waals surface area contributed by atoms with Gasteiger partial charge < -0.3 is 9.88 Å². The van der Waals surface area contributed by atoms with Gasteiger partial charge in [-0.2, -0.15) is 5.01 Å². The Bertz CT molecular complexity index is 1220. The molecular weight excluding hydrogens is 459 g/mol. The minimum absolute atomic E-state index is 0.0901. The van der Waals surface area contributed by atoms with Gasteiger partial charge in [-0.3, -0.25) is 15.0 Å². The minimum Gasteiger partial charge on any atom is -0.322 e. The van der Waals surface area contributed by atoms with E-state index in [0.717, 1.165) is 22.3 Å². The molecule has 1 saturated heterocycles. The van der Waals surface area contributed by atoms with Crippen LogP contribution in [0.25, 0.3) is 11.4 Å². The van der Waals surface area contributed by atoms with E-state index in [1.165, 1.54) is 12.1 Å². The third-order valence-corrected chi connectivity index (χ3v) is 6.54. The second-order valence-corrected chi connectivity index (χ2v) is 9.03. The van der Waals surface area contributed by atoms with Crippen molar-refractivity contribution in [1.82, 2.24) is 30.5 Å². The Morgan fingerprint density at radius 1 is 1.12 bits per heavy atom. The van der Waals surface area contributed by atoms with Crippen molar-refractivity contribution in [2.24, 2.45) is 7.05 Å². The van der Waals surface area contributed by atoms with E-state index in [-0.39, 0.29) is 11.6 Å². The van der Waals surface area contributed by atoms with Gasteiger partial charge >= 0.3 is 6.03 Å². The predicted molar refractivity (Wildman–Crippen MR) is 124 cm³/mol. The fraction of sp³-hybridized carbons (Fsp3) is 0.261. The van der Waals surface area contributed by atoms with Crippen molar-refractivity contribution in [1.29, 1.82) is 0 Å². The number of nitrogens with one attached hydrogen (secondary N) is 2. The summed E-state index contributed by atoms with van der Waals surface area (Å²) in [6, 6.07) is 14.8. The van der Waals surface area contributed by atoms with Crippen LogP contribution in [0.15, 0.2) is 59.8 Å². The van der Waals surface area contributed by atoms with E-state index < -0.39 is 23.4 Å². The molecule has 11 heteroatoms. The van der Waals surface area contributed by atoms with Gasteiger partial charge in [0.15, 0.2) is 11.0 Å². The van der Waals surface area contributed by atoms with Crippen LogP contribution >= 0.6 is 11.8 Å². The fourth-order valence-electron chi connectivity index (χ4n) is 3.57. The summed E-state index contributed by atoms with van der Waals surface area (Å²) in [6.07, 6.45) is 0.997.